The van der Waals surface area contributed by atoms with Crippen LogP contribution in [0.1, 0.15) is 26.3 Å². The van der Waals surface area contributed by atoms with E-state index >= 15 is 0 Å². The van der Waals surface area contributed by atoms with Gasteiger partial charge in [-0.2, -0.15) is 0 Å². The van der Waals surface area contributed by atoms with Crippen LogP contribution in [-0.2, 0) is 4.74 Å². The summed E-state index contributed by atoms with van der Waals surface area (Å²) in [7, 11) is 0. The van der Waals surface area contributed by atoms with Crippen LogP contribution >= 0.6 is 0 Å². The average Bonchev–Trinajstić information content (AvgIpc) is 2.80. The van der Waals surface area contributed by atoms with Crippen LogP contribution in [0.3, 0.4) is 0 Å². The summed E-state index contributed by atoms with van der Waals surface area (Å²) in [5.74, 6) is 0.477. The van der Waals surface area contributed by atoms with Crippen LogP contribution in [0.5, 0.6) is 0 Å². The zero-order chi connectivity index (χ0) is 14.0. The number of hydrogen-bond donors (Lipinski definition) is 1. The number of rotatable bonds is 3. The molecule has 1 aliphatic heterocycles. The van der Waals surface area contributed by atoms with Gasteiger partial charge in [0.2, 0.25) is 5.90 Å². The molecule has 19 heavy (non-hydrogen) atoms. The lowest BCUT2D eigenvalue weighted by atomic mass is 10.1. The van der Waals surface area contributed by atoms with Gasteiger partial charge in [0.15, 0.2) is 0 Å². The fourth-order valence-electron chi connectivity index (χ4n) is 1.84. The Kier molecular flexibility index (Phi) is 3.42. The van der Waals surface area contributed by atoms with Crippen LogP contribution in [-0.4, -0.2) is 29.5 Å². The number of ether oxygens (including phenoxy) is 1. The summed E-state index contributed by atoms with van der Waals surface area (Å²) in [6.45, 7) is 6.99. The largest absolute Gasteiger partial charge is 0.476 e. The van der Waals surface area contributed by atoms with Gasteiger partial charge in [-0.25, -0.2) is 4.99 Å². The molecule has 2 rings (SSSR count). The molecule has 0 bridgehead atoms. The number of hydrogen-bond acceptors (Lipinski definition) is 5. The molecule has 6 nitrogen and oxygen atoms in total. The molecular weight excluding hydrogens is 246 g/mol. The van der Waals surface area contributed by atoms with E-state index in [4.69, 9.17) is 4.74 Å². The standard InChI is InChI=1S/C13H17N3O3/c1-13(2,3)15-10-5-4-9(8-11(10)16(17)18)12-14-6-7-19-12/h4-5,8,15H,6-7H2,1-3H3. The first-order valence-electron chi connectivity index (χ1n) is 6.11. The molecule has 0 atom stereocenters. The number of nitrogens with zero attached hydrogens (tertiary/aromatic N) is 2. The van der Waals surface area contributed by atoms with Gasteiger partial charge in [0.25, 0.3) is 5.69 Å². The smallest absolute Gasteiger partial charge is 0.293 e. The molecule has 0 aromatic heterocycles. The van der Waals surface area contributed by atoms with Crippen molar-refractivity contribution < 1.29 is 9.66 Å². The molecule has 1 aromatic rings. The Hall–Kier alpha value is -2.11. The predicted octanol–water partition coefficient (Wildman–Crippen LogP) is 2.58. The Morgan fingerprint density at radius 1 is 1.42 bits per heavy atom. The highest BCUT2D eigenvalue weighted by molar-refractivity contribution is 5.96. The molecule has 6 heteroatoms. The van der Waals surface area contributed by atoms with Crippen LogP contribution in [0.2, 0.25) is 0 Å². The minimum atomic E-state index is -0.396. The minimum absolute atomic E-state index is 0.0330. The van der Waals surface area contributed by atoms with E-state index in [0.29, 0.717) is 30.3 Å². The van der Waals surface area contributed by atoms with Crippen LogP contribution in [0.15, 0.2) is 23.2 Å². The average molecular weight is 263 g/mol. The lowest BCUT2D eigenvalue weighted by Crippen LogP contribution is -2.26. The lowest BCUT2D eigenvalue weighted by Gasteiger charge is -2.22. The van der Waals surface area contributed by atoms with Crippen LogP contribution in [0.4, 0.5) is 11.4 Å². The van der Waals surface area contributed by atoms with Crippen LogP contribution in [0.25, 0.3) is 0 Å². The van der Waals surface area contributed by atoms with Gasteiger partial charge in [-0.1, -0.05) is 0 Å². The van der Waals surface area contributed by atoms with E-state index in [1.807, 2.05) is 20.8 Å². The summed E-state index contributed by atoms with van der Waals surface area (Å²) in [6.07, 6.45) is 0. The van der Waals surface area contributed by atoms with E-state index in [2.05, 4.69) is 10.3 Å². The van der Waals surface area contributed by atoms with Gasteiger partial charge in [0.05, 0.1) is 11.5 Å². The number of nitro benzene ring substituents is 1. The molecule has 0 saturated heterocycles. The molecule has 0 radical (unpaired) electrons. The Labute approximate surface area is 111 Å². The lowest BCUT2D eigenvalue weighted by molar-refractivity contribution is -0.384. The molecule has 1 aliphatic rings. The first kappa shape index (κ1) is 13.3. The normalized spacial score (nSPS) is 14.8. The molecule has 0 aliphatic carbocycles. The number of benzene rings is 1. The third-order valence-electron chi connectivity index (χ3n) is 2.54. The van der Waals surface area contributed by atoms with Crippen molar-refractivity contribution in [2.45, 2.75) is 26.3 Å². The van der Waals surface area contributed by atoms with Crippen molar-refractivity contribution >= 4 is 17.3 Å². The van der Waals surface area contributed by atoms with E-state index in [0.717, 1.165) is 0 Å². The minimum Gasteiger partial charge on any atom is -0.476 e. The monoisotopic (exact) mass is 263 g/mol. The maximum Gasteiger partial charge on any atom is 0.293 e. The van der Waals surface area contributed by atoms with Gasteiger partial charge < -0.3 is 10.1 Å². The molecule has 1 heterocycles. The molecule has 0 saturated carbocycles. The van der Waals surface area contributed by atoms with E-state index in [9.17, 15) is 10.1 Å². The third-order valence-corrected chi connectivity index (χ3v) is 2.54. The van der Waals surface area contributed by atoms with Gasteiger partial charge in [0.1, 0.15) is 12.3 Å². The summed E-state index contributed by atoms with van der Waals surface area (Å²) in [5, 5.41) is 14.3. The molecular formula is C13H17N3O3. The van der Waals surface area contributed by atoms with Gasteiger partial charge in [-0.15, -0.1) is 0 Å². The Balaban J connectivity index is 2.38. The molecule has 0 fully saturated rings. The number of nitro groups is 1. The number of aliphatic imine (C=N–C) groups is 1. The number of nitrogens with one attached hydrogen (secondary N) is 1. The third kappa shape index (κ3) is 3.21. The van der Waals surface area contributed by atoms with E-state index in [1.165, 1.54) is 6.07 Å². The zero-order valence-electron chi connectivity index (χ0n) is 11.3. The van der Waals surface area contributed by atoms with E-state index in [1.54, 1.807) is 12.1 Å². The highest BCUT2D eigenvalue weighted by Crippen LogP contribution is 2.28. The molecule has 102 valence electrons. The summed E-state index contributed by atoms with van der Waals surface area (Å²) < 4.78 is 5.32. The first-order chi connectivity index (χ1) is 8.87. The summed E-state index contributed by atoms with van der Waals surface area (Å²) >= 11 is 0. The van der Waals surface area contributed by atoms with Crippen molar-refractivity contribution in [2.75, 3.05) is 18.5 Å². The van der Waals surface area contributed by atoms with E-state index in [-0.39, 0.29) is 11.2 Å². The second-order valence-corrected chi connectivity index (χ2v) is 5.40. The second-order valence-electron chi connectivity index (χ2n) is 5.40. The molecule has 1 N–H and O–H groups in total. The first-order valence-corrected chi connectivity index (χ1v) is 6.11. The van der Waals surface area contributed by atoms with Crippen molar-refractivity contribution in [2.24, 2.45) is 4.99 Å². The van der Waals surface area contributed by atoms with Gasteiger partial charge in [-0.05, 0) is 32.9 Å². The Morgan fingerprint density at radius 3 is 2.68 bits per heavy atom. The van der Waals surface area contributed by atoms with Crippen molar-refractivity contribution in [3.8, 4) is 0 Å². The van der Waals surface area contributed by atoms with Crippen LogP contribution in [0, 0.1) is 10.1 Å². The van der Waals surface area contributed by atoms with Crippen molar-refractivity contribution in [3.63, 3.8) is 0 Å². The zero-order valence-corrected chi connectivity index (χ0v) is 11.3. The quantitative estimate of drug-likeness (QED) is 0.671. The van der Waals surface area contributed by atoms with Gasteiger partial charge in [-0.3, -0.25) is 10.1 Å². The Morgan fingerprint density at radius 2 is 2.16 bits per heavy atom. The highest BCUT2D eigenvalue weighted by Gasteiger charge is 2.21. The van der Waals surface area contributed by atoms with Crippen molar-refractivity contribution in [3.05, 3.63) is 33.9 Å². The van der Waals surface area contributed by atoms with Crippen LogP contribution < -0.4 is 5.32 Å². The highest BCUT2D eigenvalue weighted by atomic mass is 16.6. The van der Waals surface area contributed by atoms with Gasteiger partial charge in [0, 0.05) is 17.2 Å². The molecule has 0 amide bonds. The maximum absolute atomic E-state index is 11.2. The SMILES string of the molecule is CC(C)(C)Nc1ccc(C2=NCCO2)cc1[N+](=O)[O-]. The maximum atomic E-state index is 11.2. The Bertz CT molecular complexity index is 532. The summed E-state index contributed by atoms with van der Waals surface area (Å²) in [5.41, 5.74) is 0.933. The second kappa shape index (κ2) is 4.87. The molecule has 0 spiro atoms. The van der Waals surface area contributed by atoms with Crippen molar-refractivity contribution in [1.29, 1.82) is 0 Å². The van der Waals surface area contributed by atoms with Gasteiger partial charge >= 0.3 is 0 Å². The number of anilines is 1. The fourth-order valence-corrected chi connectivity index (χ4v) is 1.84. The topological polar surface area (TPSA) is 76.8 Å². The fraction of sp³-hybridized carbons (Fsp3) is 0.462. The molecule has 0 unspecified atom stereocenters. The van der Waals surface area contributed by atoms with E-state index < -0.39 is 4.92 Å². The summed E-state index contributed by atoms with van der Waals surface area (Å²) in [4.78, 5) is 14.9. The predicted molar refractivity (Wildman–Crippen MR) is 73.8 cm³/mol. The summed E-state index contributed by atoms with van der Waals surface area (Å²) in [6, 6.07) is 4.98. The van der Waals surface area contributed by atoms with Crippen molar-refractivity contribution in [1.82, 2.24) is 0 Å². The molecule has 1 aromatic carbocycles.